The molecule has 1 heterocycles. The molecule has 0 radical (unpaired) electrons. The first kappa shape index (κ1) is 18.3. The number of hydrogen-bond acceptors (Lipinski definition) is 4. The Kier molecular flexibility index (Phi) is 5.12. The molecular weight excluding hydrogens is 378 g/mol. The molecule has 7 heteroatoms. The molecule has 0 saturated carbocycles. The second-order valence-electron chi connectivity index (χ2n) is 6.60. The van der Waals surface area contributed by atoms with Crippen LogP contribution in [0.2, 0.25) is 0 Å². The molecule has 0 bridgehead atoms. The van der Waals surface area contributed by atoms with Gasteiger partial charge in [-0.3, -0.25) is 9.59 Å². The summed E-state index contributed by atoms with van der Waals surface area (Å²) in [5.74, 6) is -0.250. The lowest BCUT2D eigenvalue weighted by atomic mass is 10.1. The Balaban J connectivity index is 1.52. The van der Waals surface area contributed by atoms with Gasteiger partial charge in [-0.05, 0) is 17.5 Å². The summed E-state index contributed by atoms with van der Waals surface area (Å²) in [6.07, 6.45) is 0.610. The van der Waals surface area contributed by atoms with Gasteiger partial charge in [0.2, 0.25) is 5.91 Å². The standard InChI is InChI=1S/C21H18ClN3O3/c22-12-19(26)24-20-15-9-5-4-8-14(15)10-16(20)23-21(27)17-11-18(28-25-17)13-6-2-1-3-7-13/h1-9,11,16,20H,10,12H2,(H,23,27)(H,24,26)/t16-,20-/m1/s1. The molecule has 142 valence electrons. The van der Waals surface area contributed by atoms with Crippen LogP contribution in [0.4, 0.5) is 0 Å². The molecular formula is C21H18ClN3O3. The number of benzene rings is 2. The van der Waals surface area contributed by atoms with Crippen molar-refractivity contribution in [2.24, 2.45) is 0 Å². The number of carbonyl (C=O) groups is 2. The highest BCUT2D eigenvalue weighted by Gasteiger charge is 2.34. The maximum absolute atomic E-state index is 12.7. The highest BCUT2D eigenvalue weighted by molar-refractivity contribution is 6.27. The molecule has 1 aliphatic rings. The van der Waals surface area contributed by atoms with Gasteiger partial charge in [0.15, 0.2) is 11.5 Å². The molecule has 2 atom stereocenters. The van der Waals surface area contributed by atoms with E-state index in [1.807, 2.05) is 54.6 Å². The molecule has 0 unspecified atom stereocenters. The smallest absolute Gasteiger partial charge is 0.273 e. The number of halogens is 1. The van der Waals surface area contributed by atoms with Gasteiger partial charge < -0.3 is 15.2 Å². The van der Waals surface area contributed by atoms with Crippen LogP contribution in [0.3, 0.4) is 0 Å². The summed E-state index contributed by atoms with van der Waals surface area (Å²) in [5.41, 5.74) is 3.10. The Morgan fingerprint density at radius 2 is 1.82 bits per heavy atom. The zero-order valence-electron chi connectivity index (χ0n) is 14.9. The minimum Gasteiger partial charge on any atom is -0.355 e. The first-order valence-corrected chi connectivity index (χ1v) is 9.45. The Morgan fingerprint density at radius 1 is 1.07 bits per heavy atom. The Morgan fingerprint density at radius 3 is 2.61 bits per heavy atom. The number of nitrogens with zero attached hydrogens (tertiary/aromatic N) is 1. The molecule has 1 aliphatic carbocycles. The van der Waals surface area contributed by atoms with Gasteiger partial charge >= 0.3 is 0 Å². The minimum atomic E-state index is -0.353. The summed E-state index contributed by atoms with van der Waals surface area (Å²) < 4.78 is 5.31. The van der Waals surface area contributed by atoms with E-state index in [0.29, 0.717) is 12.2 Å². The van der Waals surface area contributed by atoms with E-state index >= 15 is 0 Å². The second-order valence-corrected chi connectivity index (χ2v) is 6.87. The van der Waals surface area contributed by atoms with Crippen LogP contribution in [0, 0.1) is 0 Å². The molecule has 0 saturated heterocycles. The van der Waals surface area contributed by atoms with Crippen molar-refractivity contribution in [1.82, 2.24) is 15.8 Å². The predicted octanol–water partition coefficient (Wildman–Crippen LogP) is 3.09. The number of amides is 2. The van der Waals surface area contributed by atoms with Crippen LogP contribution in [0.5, 0.6) is 0 Å². The zero-order chi connectivity index (χ0) is 19.5. The third-order valence-corrected chi connectivity index (χ3v) is 5.03. The first-order valence-electron chi connectivity index (χ1n) is 8.92. The first-order chi connectivity index (χ1) is 13.7. The molecule has 2 amide bonds. The van der Waals surface area contributed by atoms with Crippen molar-refractivity contribution in [3.05, 3.63) is 77.5 Å². The van der Waals surface area contributed by atoms with Crippen LogP contribution in [0.1, 0.15) is 27.7 Å². The van der Waals surface area contributed by atoms with E-state index in [2.05, 4.69) is 15.8 Å². The summed E-state index contributed by atoms with van der Waals surface area (Å²) >= 11 is 5.65. The van der Waals surface area contributed by atoms with Gasteiger partial charge in [-0.15, -0.1) is 11.6 Å². The van der Waals surface area contributed by atoms with Crippen molar-refractivity contribution < 1.29 is 14.1 Å². The topological polar surface area (TPSA) is 84.2 Å². The van der Waals surface area contributed by atoms with Gasteiger partial charge in [0.25, 0.3) is 5.91 Å². The summed E-state index contributed by atoms with van der Waals surface area (Å²) in [6, 6.07) is 18.2. The van der Waals surface area contributed by atoms with Crippen LogP contribution < -0.4 is 10.6 Å². The molecule has 6 nitrogen and oxygen atoms in total. The van der Waals surface area contributed by atoms with Crippen molar-refractivity contribution in [1.29, 1.82) is 0 Å². The average molecular weight is 396 g/mol. The zero-order valence-corrected chi connectivity index (χ0v) is 15.6. The fraction of sp³-hybridized carbons (Fsp3) is 0.190. The van der Waals surface area contributed by atoms with E-state index in [0.717, 1.165) is 16.7 Å². The second kappa shape index (κ2) is 7.86. The number of rotatable bonds is 5. The molecule has 3 aromatic rings. The molecule has 1 aromatic heterocycles. The van der Waals surface area contributed by atoms with Crippen LogP contribution in [0.15, 0.2) is 65.2 Å². The minimum absolute atomic E-state index is 0.136. The van der Waals surface area contributed by atoms with Gasteiger partial charge in [0.05, 0.1) is 12.1 Å². The lowest BCUT2D eigenvalue weighted by Crippen LogP contribution is -2.44. The lowest BCUT2D eigenvalue weighted by Gasteiger charge is -2.22. The average Bonchev–Trinajstić information content (AvgIpc) is 3.34. The van der Waals surface area contributed by atoms with Crippen molar-refractivity contribution in [2.45, 2.75) is 18.5 Å². The molecule has 28 heavy (non-hydrogen) atoms. The third kappa shape index (κ3) is 3.64. The largest absolute Gasteiger partial charge is 0.355 e. The number of nitrogens with one attached hydrogen (secondary N) is 2. The van der Waals surface area contributed by atoms with Crippen LogP contribution in [-0.2, 0) is 11.2 Å². The van der Waals surface area contributed by atoms with E-state index in [1.54, 1.807) is 6.07 Å². The third-order valence-electron chi connectivity index (χ3n) is 4.79. The fourth-order valence-electron chi connectivity index (χ4n) is 3.48. The van der Waals surface area contributed by atoms with Crippen LogP contribution in [0.25, 0.3) is 11.3 Å². The summed E-state index contributed by atoms with van der Waals surface area (Å²) in [4.78, 5) is 24.6. The van der Waals surface area contributed by atoms with Crippen LogP contribution >= 0.6 is 11.6 Å². The van der Waals surface area contributed by atoms with E-state index < -0.39 is 0 Å². The highest BCUT2D eigenvalue weighted by atomic mass is 35.5. The van der Waals surface area contributed by atoms with E-state index in [-0.39, 0.29) is 35.5 Å². The number of aromatic nitrogens is 1. The Hall–Kier alpha value is -3.12. The number of fused-ring (bicyclic) bond motifs is 1. The summed E-state index contributed by atoms with van der Waals surface area (Å²) in [5, 5.41) is 9.75. The molecule has 0 fully saturated rings. The molecule has 2 aromatic carbocycles. The predicted molar refractivity (Wildman–Crippen MR) is 105 cm³/mol. The van der Waals surface area contributed by atoms with E-state index in [4.69, 9.17) is 16.1 Å². The maximum atomic E-state index is 12.7. The SMILES string of the molecule is O=C(CCl)N[C@@H]1c2ccccc2C[C@H]1NC(=O)c1cc(-c2ccccc2)on1. The van der Waals surface area contributed by atoms with Crippen molar-refractivity contribution in [3.8, 4) is 11.3 Å². The van der Waals surface area contributed by atoms with Gasteiger partial charge in [-0.1, -0.05) is 59.8 Å². The van der Waals surface area contributed by atoms with Crippen molar-refractivity contribution >= 4 is 23.4 Å². The Bertz CT molecular complexity index is 1000. The molecule has 2 N–H and O–H groups in total. The molecule has 4 rings (SSSR count). The van der Waals surface area contributed by atoms with E-state index in [9.17, 15) is 9.59 Å². The quantitative estimate of drug-likeness (QED) is 0.650. The van der Waals surface area contributed by atoms with Crippen molar-refractivity contribution in [2.75, 3.05) is 5.88 Å². The molecule has 0 spiro atoms. The Labute approximate surface area is 166 Å². The monoisotopic (exact) mass is 395 g/mol. The van der Waals surface area contributed by atoms with Gasteiger partial charge in [-0.2, -0.15) is 0 Å². The number of carbonyl (C=O) groups excluding carboxylic acids is 2. The number of hydrogen-bond donors (Lipinski definition) is 2. The summed E-state index contributed by atoms with van der Waals surface area (Å²) in [7, 11) is 0. The normalized spacial score (nSPS) is 17.8. The van der Waals surface area contributed by atoms with Crippen molar-refractivity contribution in [3.63, 3.8) is 0 Å². The maximum Gasteiger partial charge on any atom is 0.273 e. The van der Waals surface area contributed by atoms with Gasteiger partial charge in [0, 0.05) is 11.6 Å². The fourth-order valence-corrected chi connectivity index (χ4v) is 3.56. The lowest BCUT2D eigenvalue weighted by molar-refractivity contribution is -0.119. The molecule has 0 aliphatic heterocycles. The van der Waals surface area contributed by atoms with Gasteiger partial charge in [0.1, 0.15) is 5.88 Å². The van der Waals surface area contributed by atoms with Gasteiger partial charge in [-0.25, -0.2) is 0 Å². The highest BCUT2D eigenvalue weighted by Crippen LogP contribution is 2.31. The number of alkyl halides is 1. The van der Waals surface area contributed by atoms with Crippen LogP contribution in [-0.4, -0.2) is 28.9 Å². The summed E-state index contributed by atoms with van der Waals surface area (Å²) in [6.45, 7) is 0. The van der Waals surface area contributed by atoms with E-state index in [1.165, 1.54) is 0 Å².